The van der Waals surface area contributed by atoms with Crippen molar-refractivity contribution >= 4 is 23.2 Å². The minimum absolute atomic E-state index is 0.0747. The number of carbonyl (C=O) groups excluding carboxylic acids is 2. The molecule has 0 bridgehead atoms. The van der Waals surface area contributed by atoms with Crippen LogP contribution < -0.4 is 5.32 Å². The Balaban J connectivity index is 1.48. The first kappa shape index (κ1) is 18.9. The fraction of sp³-hybridized carbons (Fsp3) is 0.700. The van der Waals surface area contributed by atoms with Gasteiger partial charge in [0, 0.05) is 36.3 Å². The Bertz CT molecular complexity index is 720. The van der Waals surface area contributed by atoms with Crippen molar-refractivity contribution in [2.75, 3.05) is 26.3 Å². The highest BCUT2D eigenvalue weighted by molar-refractivity contribution is 7.14. The monoisotopic (exact) mass is 392 g/mol. The number of hydrogen-bond donors (Lipinski definition) is 2. The molecule has 2 fully saturated rings. The molecule has 1 saturated heterocycles. The summed E-state index contributed by atoms with van der Waals surface area (Å²) in [6, 6.07) is 1.71. The number of nitrogens with zero attached hydrogens (tertiary/aromatic N) is 1. The topological polar surface area (TPSA) is 78.9 Å². The molecule has 1 atom stereocenters. The van der Waals surface area contributed by atoms with Gasteiger partial charge in [-0.25, -0.2) is 0 Å². The molecule has 1 aromatic heterocycles. The van der Waals surface area contributed by atoms with Crippen molar-refractivity contribution in [2.24, 2.45) is 5.92 Å². The molecule has 0 radical (unpaired) electrons. The summed E-state index contributed by atoms with van der Waals surface area (Å²) in [5, 5.41) is 12.0. The third-order valence-corrected chi connectivity index (χ3v) is 7.41. The van der Waals surface area contributed by atoms with Crippen molar-refractivity contribution in [3.8, 4) is 0 Å². The van der Waals surface area contributed by atoms with Crippen LogP contribution in [0, 0.1) is 5.92 Å². The van der Waals surface area contributed by atoms with Crippen LogP contribution in [-0.4, -0.2) is 54.2 Å². The van der Waals surface area contributed by atoms with Crippen LogP contribution in [0.25, 0.3) is 0 Å². The number of likely N-dealkylation sites (tertiary alicyclic amines) is 1. The summed E-state index contributed by atoms with van der Waals surface area (Å²) in [6.07, 6.45) is 5.67. The van der Waals surface area contributed by atoms with E-state index in [2.05, 4.69) is 5.32 Å². The maximum absolute atomic E-state index is 12.5. The summed E-state index contributed by atoms with van der Waals surface area (Å²) in [4.78, 5) is 28.9. The molecule has 7 heteroatoms. The van der Waals surface area contributed by atoms with Gasteiger partial charge in [0.15, 0.2) is 0 Å². The number of piperidine rings is 1. The van der Waals surface area contributed by atoms with Crippen LogP contribution in [0.1, 0.15) is 59.1 Å². The van der Waals surface area contributed by atoms with Gasteiger partial charge >= 0.3 is 0 Å². The van der Waals surface area contributed by atoms with Gasteiger partial charge in [0.2, 0.25) is 5.91 Å². The number of carbonyl (C=O) groups is 2. The molecule has 1 aromatic rings. The lowest BCUT2D eigenvalue weighted by molar-refractivity contribution is -0.147. The van der Waals surface area contributed by atoms with E-state index in [1.165, 1.54) is 22.6 Å². The van der Waals surface area contributed by atoms with Crippen LogP contribution in [-0.2, 0) is 21.6 Å². The molecule has 3 aliphatic rings. The highest BCUT2D eigenvalue weighted by Gasteiger charge is 2.44. The molecule has 2 aliphatic heterocycles. The molecule has 6 nitrogen and oxygen atoms in total. The van der Waals surface area contributed by atoms with Crippen LogP contribution in [0.2, 0.25) is 0 Å². The van der Waals surface area contributed by atoms with E-state index in [1.54, 1.807) is 6.92 Å². The number of aliphatic hydroxyl groups excluding tert-OH is 1. The van der Waals surface area contributed by atoms with Gasteiger partial charge in [-0.3, -0.25) is 9.59 Å². The fourth-order valence-corrected chi connectivity index (χ4v) is 5.42. The van der Waals surface area contributed by atoms with Crippen LogP contribution >= 0.6 is 11.3 Å². The van der Waals surface area contributed by atoms with Crippen molar-refractivity contribution < 1.29 is 19.4 Å². The van der Waals surface area contributed by atoms with Crippen molar-refractivity contribution in [3.05, 3.63) is 21.4 Å². The highest BCUT2D eigenvalue weighted by atomic mass is 32.1. The third kappa shape index (κ3) is 3.52. The zero-order valence-electron chi connectivity index (χ0n) is 15.8. The fourth-order valence-electron chi connectivity index (χ4n) is 4.28. The van der Waals surface area contributed by atoms with Gasteiger partial charge in [-0.1, -0.05) is 6.42 Å². The maximum atomic E-state index is 12.5. The molecule has 3 heterocycles. The van der Waals surface area contributed by atoms with Gasteiger partial charge in [-0.15, -0.1) is 11.3 Å². The average Bonchev–Trinajstić information content (AvgIpc) is 3.07. The largest absolute Gasteiger partial charge is 0.394 e. The second-order valence-electron chi connectivity index (χ2n) is 8.05. The maximum Gasteiger partial charge on any atom is 0.261 e. The number of nitrogens with one attached hydrogen (secondary N) is 1. The summed E-state index contributed by atoms with van der Waals surface area (Å²) in [5.41, 5.74) is 0.776. The third-order valence-electron chi connectivity index (χ3n) is 6.22. The lowest BCUT2D eigenvalue weighted by Gasteiger charge is -2.45. The minimum atomic E-state index is -0.360. The Labute approximate surface area is 163 Å². The van der Waals surface area contributed by atoms with E-state index in [9.17, 15) is 9.59 Å². The molecule has 1 aliphatic carbocycles. The van der Waals surface area contributed by atoms with Gasteiger partial charge < -0.3 is 20.1 Å². The van der Waals surface area contributed by atoms with Crippen molar-refractivity contribution in [3.63, 3.8) is 0 Å². The highest BCUT2D eigenvalue weighted by Crippen LogP contribution is 2.45. The molecular weight excluding hydrogens is 364 g/mol. The number of fused-ring (bicyclic) bond motifs is 2. The predicted octanol–water partition coefficient (Wildman–Crippen LogP) is 2.05. The van der Waals surface area contributed by atoms with Gasteiger partial charge in [0.25, 0.3) is 5.91 Å². The zero-order chi connectivity index (χ0) is 19.0. The number of amides is 2. The number of aliphatic hydroxyl groups is 1. The van der Waals surface area contributed by atoms with Crippen LogP contribution in [0.4, 0.5) is 0 Å². The summed E-state index contributed by atoms with van der Waals surface area (Å²) in [7, 11) is 0. The summed E-state index contributed by atoms with van der Waals surface area (Å²) in [5.74, 6) is 0.422. The Kier molecular flexibility index (Phi) is 5.27. The van der Waals surface area contributed by atoms with E-state index >= 15 is 0 Å². The van der Waals surface area contributed by atoms with Crippen molar-refractivity contribution in [1.29, 1.82) is 0 Å². The zero-order valence-corrected chi connectivity index (χ0v) is 16.6. The standard InChI is InChI=1S/C20H28N2O4S/c1-13(12-23)21-18(24)17-11-15-16(27-17)5-10-26-20(15)6-8-22(9-7-20)19(25)14-3-2-4-14/h11,13-14,23H,2-10,12H2,1H3,(H,21,24). The molecule has 1 unspecified atom stereocenters. The first-order valence-corrected chi connectivity index (χ1v) is 10.8. The average molecular weight is 393 g/mol. The van der Waals surface area contributed by atoms with Crippen LogP contribution in [0.5, 0.6) is 0 Å². The number of hydrogen-bond acceptors (Lipinski definition) is 5. The van der Waals surface area contributed by atoms with Gasteiger partial charge in [-0.05, 0) is 44.2 Å². The molecule has 2 N–H and O–H groups in total. The minimum Gasteiger partial charge on any atom is -0.394 e. The molecule has 148 valence electrons. The molecule has 2 amide bonds. The summed E-state index contributed by atoms with van der Waals surface area (Å²) < 4.78 is 6.25. The first-order chi connectivity index (χ1) is 13.0. The second kappa shape index (κ2) is 7.53. The SMILES string of the molecule is CC(CO)NC(=O)c1cc2c(s1)CCOC21CCN(C(=O)C2CCC2)CC1. The van der Waals surface area contributed by atoms with Crippen molar-refractivity contribution in [1.82, 2.24) is 10.2 Å². The Morgan fingerprint density at radius 2 is 2.15 bits per heavy atom. The normalized spacial score (nSPS) is 22.8. The smallest absolute Gasteiger partial charge is 0.261 e. The lowest BCUT2D eigenvalue weighted by Crippen LogP contribution is -2.50. The van der Waals surface area contributed by atoms with Crippen LogP contribution in [0.15, 0.2) is 6.07 Å². The van der Waals surface area contributed by atoms with E-state index in [0.29, 0.717) is 17.4 Å². The molecular formula is C20H28N2O4S. The first-order valence-electron chi connectivity index (χ1n) is 10.00. The van der Waals surface area contributed by atoms with E-state index in [1.807, 2.05) is 11.0 Å². The number of rotatable bonds is 4. The van der Waals surface area contributed by atoms with Gasteiger partial charge in [0.1, 0.15) is 0 Å². The molecule has 1 saturated carbocycles. The second-order valence-corrected chi connectivity index (χ2v) is 9.19. The summed E-state index contributed by atoms with van der Waals surface area (Å²) >= 11 is 1.53. The molecule has 27 heavy (non-hydrogen) atoms. The molecule has 0 aromatic carbocycles. The van der Waals surface area contributed by atoms with E-state index in [0.717, 1.165) is 50.8 Å². The Morgan fingerprint density at radius 1 is 1.41 bits per heavy atom. The lowest BCUT2D eigenvalue weighted by atomic mass is 9.80. The molecule has 4 rings (SSSR count). The summed E-state index contributed by atoms with van der Waals surface area (Å²) in [6.45, 7) is 3.83. The predicted molar refractivity (Wildman–Crippen MR) is 103 cm³/mol. The van der Waals surface area contributed by atoms with Crippen molar-refractivity contribution in [2.45, 2.75) is 57.1 Å². The molecule has 1 spiro atoms. The van der Waals surface area contributed by atoms with Crippen LogP contribution in [0.3, 0.4) is 0 Å². The van der Waals surface area contributed by atoms with E-state index in [4.69, 9.17) is 9.84 Å². The number of ether oxygens (including phenoxy) is 1. The van der Waals surface area contributed by atoms with E-state index in [-0.39, 0.29) is 30.1 Å². The number of thiophene rings is 1. The Morgan fingerprint density at radius 3 is 2.78 bits per heavy atom. The Hall–Kier alpha value is -1.44. The van der Waals surface area contributed by atoms with Gasteiger partial charge in [-0.2, -0.15) is 0 Å². The quantitative estimate of drug-likeness (QED) is 0.822. The van der Waals surface area contributed by atoms with E-state index < -0.39 is 0 Å². The van der Waals surface area contributed by atoms with Gasteiger partial charge in [0.05, 0.1) is 23.7 Å².